The van der Waals surface area contributed by atoms with E-state index < -0.39 is 28.8 Å². The highest BCUT2D eigenvalue weighted by Gasteiger charge is 2.32. The molecule has 0 amide bonds. The number of hydrogen-bond donors (Lipinski definition) is 1. The van der Waals surface area contributed by atoms with Crippen molar-refractivity contribution in [2.75, 3.05) is 5.32 Å². The van der Waals surface area contributed by atoms with Gasteiger partial charge in [-0.25, -0.2) is 19.0 Å². The van der Waals surface area contributed by atoms with Gasteiger partial charge in [0.15, 0.2) is 5.69 Å². The van der Waals surface area contributed by atoms with E-state index in [2.05, 4.69) is 25.5 Å². The van der Waals surface area contributed by atoms with Crippen LogP contribution < -0.4 is 16.4 Å². The zero-order valence-corrected chi connectivity index (χ0v) is 23.2. The van der Waals surface area contributed by atoms with Crippen LogP contribution in [0.3, 0.4) is 0 Å². The molecule has 9 nitrogen and oxygen atoms in total. The van der Waals surface area contributed by atoms with Crippen molar-refractivity contribution in [3.05, 3.63) is 98.3 Å². The SMILES string of the molecule is Cc1c(-c2cc(Nc3cnc(C(F)(F)F)cn3)c(=O)n(C)n2)cccc1-n1ncc2cc(C(C)(C)C)cc(F)c2c1=O. The van der Waals surface area contributed by atoms with E-state index in [9.17, 15) is 22.8 Å². The highest BCUT2D eigenvalue weighted by atomic mass is 19.4. The molecule has 0 radical (unpaired) electrons. The van der Waals surface area contributed by atoms with E-state index in [1.807, 2.05) is 20.8 Å². The largest absolute Gasteiger partial charge is 0.434 e. The van der Waals surface area contributed by atoms with Crippen LogP contribution in [0.5, 0.6) is 0 Å². The maximum atomic E-state index is 15.2. The Labute approximate surface area is 236 Å². The maximum Gasteiger partial charge on any atom is 0.434 e. The van der Waals surface area contributed by atoms with Crippen LogP contribution in [0.25, 0.3) is 27.7 Å². The molecular formula is C29H25F4N7O2. The minimum Gasteiger partial charge on any atom is -0.334 e. The molecule has 216 valence electrons. The molecule has 0 aliphatic heterocycles. The molecule has 3 heterocycles. The van der Waals surface area contributed by atoms with Crippen LogP contribution in [0.4, 0.5) is 29.1 Å². The van der Waals surface area contributed by atoms with Gasteiger partial charge in [-0.15, -0.1) is 0 Å². The van der Waals surface area contributed by atoms with Crippen LogP contribution in [0.1, 0.15) is 37.6 Å². The summed E-state index contributed by atoms with van der Waals surface area (Å²) >= 11 is 0. The number of halogens is 4. The number of nitrogens with zero attached hydrogens (tertiary/aromatic N) is 6. The van der Waals surface area contributed by atoms with Gasteiger partial charge in [0.2, 0.25) is 0 Å². The molecule has 0 aliphatic rings. The van der Waals surface area contributed by atoms with Crippen molar-refractivity contribution in [3.63, 3.8) is 0 Å². The lowest BCUT2D eigenvalue weighted by Gasteiger charge is -2.20. The zero-order valence-electron chi connectivity index (χ0n) is 23.2. The van der Waals surface area contributed by atoms with Crippen molar-refractivity contribution < 1.29 is 17.6 Å². The quantitative estimate of drug-likeness (QED) is 0.283. The fourth-order valence-electron chi connectivity index (χ4n) is 4.48. The summed E-state index contributed by atoms with van der Waals surface area (Å²) in [5.74, 6) is -0.722. The van der Waals surface area contributed by atoms with Gasteiger partial charge in [-0.2, -0.15) is 28.1 Å². The molecule has 3 aromatic heterocycles. The Morgan fingerprint density at radius 2 is 1.67 bits per heavy atom. The molecule has 13 heteroatoms. The Kier molecular flexibility index (Phi) is 6.91. The van der Waals surface area contributed by atoms with Gasteiger partial charge < -0.3 is 5.32 Å². The van der Waals surface area contributed by atoms with E-state index in [1.165, 1.54) is 25.4 Å². The summed E-state index contributed by atoms with van der Waals surface area (Å²) in [5, 5.41) is 11.6. The van der Waals surface area contributed by atoms with E-state index in [0.29, 0.717) is 34.1 Å². The Hall–Kier alpha value is -4.94. The molecule has 42 heavy (non-hydrogen) atoms. The molecular weight excluding hydrogens is 554 g/mol. The summed E-state index contributed by atoms with van der Waals surface area (Å²) < 4.78 is 55.9. The van der Waals surface area contributed by atoms with Gasteiger partial charge in [-0.1, -0.05) is 32.9 Å². The number of nitrogens with one attached hydrogen (secondary N) is 1. The van der Waals surface area contributed by atoms with Crippen LogP contribution in [-0.2, 0) is 18.6 Å². The number of hydrogen-bond acceptors (Lipinski definition) is 7. The predicted octanol–water partition coefficient (Wildman–Crippen LogP) is 5.44. The van der Waals surface area contributed by atoms with Crippen LogP contribution in [0.15, 0.2) is 64.6 Å². The summed E-state index contributed by atoms with van der Waals surface area (Å²) in [7, 11) is 1.42. The van der Waals surface area contributed by atoms with E-state index >= 15 is 4.39 Å². The summed E-state index contributed by atoms with van der Waals surface area (Å²) in [6, 6.07) is 9.56. The predicted molar refractivity (Wildman–Crippen MR) is 150 cm³/mol. The van der Waals surface area contributed by atoms with Crippen molar-refractivity contribution >= 4 is 22.3 Å². The first-order valence-corrected chi connectivity index (χ1v) is 12.7. The molecule has 2 aromatic carbocycles. The molecule has 0 atom stereocenters. The Morgan fingerprint density at radius 1 is 0.929 bits per heavy atom. The zero-order chi connectivity index (χ0) is 30.6. The fourth-order valence-corrected chi connectivity index (χ4v) is 4.48. The van der Waals surface area contributed by atoms with E-state index in [1.54, 1.807) is 31.2 Å². The molecule has 0 saturated heterocycles. The van der Waals surface area contributed by atoms with Gasteiger partial charge >= 0.3 is 6.18 Å². The average molecular weight is 580 g/mol. The van der Waals surface area contributed by atoms with Crippen LogP contribution in [0.2, 0.25) is 0 Å². The summed E-state index contributed by atoms with van der Waals surface area (Å²) in [5.41, 5.74) is -0.205. The van der Waals surface area contributed by atoms with Crippen molar-refractivity contribution in [3.8, 4) is 16.9 Å². The Morgan fingerprint density at radius 3 is 2.31 bits per heavy atom. The summed E-state index contributed by atoms with van der Waals surface area (Å²) in [6.07, 6.45) is -1.78. The van der Waals surface area contributed by atoms with E-state index in [4.69, 9.17) is 0 Å². The van der Waals surface area contributed by atoms with E-state index in [0.717, 1.165) is 21.1 Å². The number of aromatic nitrogens is 6. The maximum absolute atomic E-state index is 15.2. The second-order valence-corrected chi connectivity index (χ2v) is 10.8. The number of anilines is 2. The van der Waals surface area contributed by atoms with Gasteiger partial charge in [-0.05, 0) is 47.7 Å². The average Bonchev–Trinajstić information content (AvgIpc) is 2.91. The second kappa shape index (κ2) is 10.2. The number of rotatable bonds is 4. The van der Waals surface area contributed by atoms with Gasteiger partial charge in [-0.3, -0.25) is 9.59 Å². The van der Waals surface area contributed by atoms with Crippen molar-refractivity contribution in [2.45, 2.75) is 39.3 Å². The van der Waals surface area contributed by atoms with Gasteiger partial charge in [0, 0.05) is 18.0 Å². The number of aryl methyl sites for hydroxylation is 1. The summed E-state index contributed by atoms with van der Waals surface area (Å²) in [6.45, 7) is 7.57. The first kappa shape index (κ1) is 28.6. The molecule has 0 unspecified atom stereocenters. The molecule has 0 bridgehead atoms. The highest BCUT2D eigenvalue weighted by Crippen LogP contribution is 2.30. The topological polar surface area (TPSA) is 108 Å². The fraction of sp³-hybridized carbons (Fsp3) is 0.241. The van der Waals surface area contributed by atoms with Crippen molar-refractivity contribution in [2.24, 2.45) is 7.05 Å². The normalized spacial score (nSPS) is 12.1. The third-order valence-corrected chi connectivity index (χ3v) is 6.78. The molecule has 5 aromatic rings. The lowest BCUT2D eigenvalue weighted by atomic mass is 9.86. The lowest BCUT2D eigenvalue weighted by Crippen LogP contribution is -2.24. The minimum atomic E-state index is -4.66. The number of benzene rings is 2. The summed E-state index contributed by atoms with van der Waals surface area (Å²) in [4.78, 5) is 33.3. The Balaban J connectivity index is 1.57. The third-order valence-electron chi connectivity index (χ3n) is 6.78. The Bertz CT molecular complexity index is 1960. The molecule has 5 rings (SSSR count). The molecule has 0 aliphatic carbocycles. The van der Waals surface area contributed by atoms with Crippen LogP contribution >= 0.6 is 0 Å². The number of alkyl halides is 3. The second-order valence-electron chi connectivity index (χ2n) is 10.8. The minimum absolute atomic E-state index is 0.0147. The molecule has 0 spiro atoms. The molecule has 1 N–H and O–H groups in total. The van der Waals surface area contributed by atoms with Gasteiger partial charge in [0.25, 0.3) is 11.1 Å². The smallest absolute Gasteiger partial charge is 0.334 e. The van der Waals surface area contributed by atoms with Crippen molar-refractivity contribution in [1.29, 1.82) is 0 Å². The standard InChI is InChI=1S/C29H25F4N7O2/c1-15-18(20-11-21(26(41)39(5)38-20)37-24-14-34-23(13-35-24)29(31,32)33)7-6-8-22(15)40-27(42)25-16(12-36-40)9-17(10-19(25)30)28(2,3)4/h6-14H,1-5H3,(H,35,37). The monoisotopic (exact) mass is 579 g/mol. The van der Waals surface area contributed by atoms with Gasteiger partial charge in [0.1, 0.15) is 17.3 Å². The van der Waals surface area contributed by atoms with Gasteiger partial charge in [0.05, 0.1) is 35.4 Å². The van der Waals surface area contributed by atoms with Crippen LogP contribution in [-0.4, -0.2) is 29.5 Å². The van der Waals surface area contributed by atoms with Crippen molar-refractivity contribution in [1.82, 2.24) is 29.5 Å². The number of fused-ring (bicyclic) bond motifs is 1. The third kappa shape index (κ3) is 5.24. The first-order valence-electron chi connectivity index (χ1n) is 12.7. The van der Waals surface area contributed by atoms with E-state index in [-0.39, 0.29) is 22.3 Å². The highest BCUT2D eigenvalue weighted by molar-refractivity contribution is 5.83. The molecule has 0 fully saturated rings. The van der Waals surface area contributed by atoms with Crippen LogP contribution in [0, 0.1) is 12.7 Å². The first-order chi connectivity index (χ1) is 19.6. The molecule has 0 saturated carbocycles. The lowest BCUT2D eigenvalue weighted by molar-refractivity contribution is -0.141.